The molecule has 0 atom stereocenters. The number of nitrogen functional groups attached to an aromatic ring is 1. The van der Waals surface area contributed by atoms with Crippen molar-refractivity contribution in [3.8, 4) is 0 Å². The second-order valence-corrected chi connectivity index (χ2v) is 8.29. The van der Waals surface area contributed by atoms with Gasteiger partial charge in [0.25, 0.3) is 0 Å². The van der Waals surface area contributed by atoms with Crippen LogP contribution in [-0.2, 0) is 10.0 Å². The van der Waals surface area contributed by atoms with Gasteiger partial charge in [0.1, 0.15) is 4.90 Å². The molecule has 5 nitrogen and oxygen atoms in total. The Kier molecular flexibility index (Phi) is 4.82. The fraction of sp³-hybridized carbons (Fsp3) is 0.571. The van der Waals surface area contributed by atoms with Crippen LogP contribution in [0.15, 0.2) is 23.1 Å². The first kappa shape index (κ1) is 16.5. The molecular weight excluding hydrogens is 310 g/mol. The van der Waals surface area contributed by atoms with Crippen molar-refractivity contribution < 1.29 is 8.42 Å². The lowest BCUT2D eigenvalue weighted by molar-refractivity contribution is 0.143. The number of hydrogen-bond donors (Lipinski definition) is 2. The third-order valence-electron chi connectivity index (χ3n) is 4.15. The van der Waals surface area contributed by atoms with Crippen LogP contribution >= 0.6 is 11.6 Å². The second kappa shape index (κ2) is 6.12. The highest BCUT2D eigenvalue weighted by Gasteiger charge is 2.30. The lowest BCUT2D eigenvalue weighted by Gasteiger charge is -2.37. The van der Waals surface area contributed by atoms with Gasteiger partial charge in [0.05, 0.1) is 5.69 Å². The van der Waals surface area contributed by atoms with Gasteiger partial charge in [-0.05, 0) is 56.6 Å². The van der Waals surface area contributed by atoms with E-state index < -0.39 is 10.0 Å². The van der Waals surface area contributed by atoms with E-state index in [1.165, 1.54) is 12.1 Å². The molecule has 1 fully saturated rings. The van der Waals surface area contributed by atoms with Crippen molar-refractivity contribution >= 4 is 27.3 Å². The van der Waals surface area contributed by atoms with Gasteiger partial charge in [0, 0.05) is 11.6 Å². The molecule has 21 heavy (non-hydrogen) atoms. The number of halogens is 1. The molecule has 2 rings (SSSR count). The maximum Gasteiger partial charge on any atom is 0.242 e. The highest BCUT2D eigenvalue weighted by atomic mass is 35.5. The number of benzene rings is 1. The summed E-state index contributed by atoms with van der Waals surface area (Å²) < 4.78 is 27.5. The van der Waals surface area contributed by atoms with Crippen LogP contribution in [0, 0.1) is 5.41 Å². The fourth-order valence-electron chi connectivity index (χ4n) is 2.42. The third kappa shape index (κ3) is 4.10. The van der Waals surface area contributed by atoms with Crippen LogP contribution in [0.25, 0.3) is 0 Å². The molecule has 1 saturated heterocycles. The number of likely N-dealkylation sites (tertiary alicyclic amines) is 1. The van der Waals surface area contributed by atoms with Gasteiger partial charge >= 0.3 is 0 Å². The number of piperidine rings is 1. The summed E-state index contributed by atoms with van der Waals surface area (Å²) in [7, 11) is -1.56. The van der Waals surface area contributed by atoms with E-state index in [0.717, 1.165) is 25.9 Å². The Morgan fingerprint density at radius 2 is 2.00 bits per heavy atom. The van der Waals surface area contributed by atoms with Crippen LogP contribution in [0.3, 0.4) is 0 Å². The summed E-state index contributed by atoms with van der Waals surface area (Å²) >= 11 is 5.86. The molecule has 1 aromatic rings. The average molecular weight is 332 g/mol. The maximum atomic E-state index is 12.4. The molecule has 1 aliphatic rings. The minimum absolute atomic E-state index is 0.0209. The second-order valence-electron chi connectivity index (χ2n) is 6.12. The zero-order chi connectivity index (χ0) is 15.7. The molecule has 0 spiro atoms. The van der Waals surface area contributed by atoms with Crippen LogP contribution < -0.4 is 10.5 Å². The van der Waals surface area contributed by atoms with Crippen molar-refractivity contribution in [2.75, 3.05) is 32.4 Å². The molecule has 0 aromatic heterocycles. The average Bonchev–Trinajstić information content (AvgIpc) is 2.43. The molecule has 0 amide bonds. The monoisotopic (exact) mass is 331 g/mol. The summed E-state index contributed by atoms with van der Waals surface area (Å²) in [6.45, 7) is 4.49. The molecule has 1 aliphatic heterocycles. The largest absolute Gasteiger partial charge is 0.398 e. The van der Waals surface area contributed by atoms with E-state index in [1.54, 1.807) is 6.07 Å². The highest BCUT2D eigenvalue weighted by Crippen LogP contribution is 2.30. The number of hydrogen-bond acceptors (Lipinski definition) is 4. The van der Waals surface area contributed by atoms with Crippen LogP contribution in [0.4, 0.5) is 5.69 Å². The summed E-state index contributed by atoms with van der Waals surface area (Å²) in [5, 5.41) is 0.357. The van der Waals surface area contributed by atoms with Crippen LogP contribution in [-0.4, -0.2) is 40.0 Å². The molecule has 7 heteroatoms. The number of nitrogens with one attached hydrogen (secondary N) is 1. The van der Waals surface area contributed by atoms with Crippen molar-refractivity contribution in [3.05, 3.63) is 23.2 Å². The summed E-state index contributed by atoms with van der Waals surface area (Å²) in [6, 6.07) is 4.47. The maximum absolute atomic E-state index is 12.4. The number of sulfonamides is 1. The standard InChI is InChI=1S/C14H22ClN3O2S/c1-14(5-7-18(2)8-6-14)10-17-21(19,20)13-9-11(15)3-4-12(13)16/h3-4,9,17H,5-8,10,16H2,1-2H3. The highest BCUT2D eigenvalue weighted by molar-refractivity contribution is 7.89. The minimum atomic E-state index is -3.64. The molecule has 0 saturated carbocycles. The van der Waals surface area contributed by atoms with Gasteiger partial charge in [0.15, 0.2) is 0 Å². The van der Waals surface area contributed by atoms with Gasteiger partial charge in [-0.1, -0.05) is 18.5 Å². The Labute approximate surface area is 131 Å². The first-order chi connectivity index (χ1) is 9.72. The van der Waals surface area contributed by atoms with E-state index in [2.05, 4.69) is 23.6 Å². The van der Waals surface area contributed by atoms with Gasteiger partial charge in [-0.15, -0.1) is 0 Å². The SMILES string of the molecule is CN1CCC(C)(CNS(=O)(=O)c2cc(Cl)ccc2N)CC1. The number of rotatable bonds is 4. The minimum Gasteiger partial charge on any atom is -0.398 e. The van der Waals surface area contributed by atoms with Gasteiger partial charge in [0.2, 0.25) is 10.0 Å². The zero-order valence-corrected chi connectivity index (χ0v) is 14.0. The smallest absolute Gasteiger partial charge is 0.242 e. The Bertz CT molecular complexity index is 611. The van der Waals surface area contributed by atoms with Gasteiger partial charge in [-0.25, -0.2) is 13.1 Å². The van der Waals surface area contributed by atoms with Gasteiger partial charge in [-0.2, -0.15) is 0 Å². The summed E-state index contributed by atoms with van der Waals surface area (Å²) in [5.41, 5.74) is 5.94. The quantitative estimate of drug-likeness (QED) is 0.827. The molecule has 1 aromatic carbocycles. The molecule has 3 N–H and O–H groups in total. The summed E-state index contributed by atoms with van der Waals surface area (Å²) in [6.07, 6.45) is 1.94. The van der Waals surface area contributed by atoms with Crippen molar-refractivity contribution in [1.29, 1.82) is 0 Å². The third-order valence-corrected chi connectivity index (χ3v) is 5.84. The fourth-order valence-corrected chi connectivity index (χ4v) is 4.01. The van der Waals surface area contributed by atoms with Crippen molar-refractivity contribution in [3.63, 3.8) is 0 Å². The molecule has 0 radical (unpaired) electrons. The Morgan fingerprint density at radius 1 is 1.38 bits per heavy atom. The lowest BCUT2D eigenvalue weighted by atomic mass is 9.81. The normalized spacial score (nSPS) is 19.6. The zero-order valence-electron chi connectivity index (χ0n) is 12.4. The number of nitrogens with zero attached hydrogens (tertiary/aromatic N) is 1. The predicted molar refractivity (Wildman–Crippen MR) is 85.9 cm³/mol. The predicted octanol–water partition coefficient (Wildman–Crippen LogP) is 1.93. The molecule has 0 unspecified atom stereocenters. The van der Waals surface area contributed by atoms with E-state index in [1.807, 2.05) is 0 Å². The molecule has 0 aliphatic carbocycles. The van der Waals surface area contributed by atoms with Gasteiger partial charge in [-0.3, -0.25) is 0 Å². The Hall–Kier alpha value is -0.820. The van der Waals surface area contributed by atoms with Crippen LogP contribution in [0.1, 0.15) is 19.8 Å². The number of nitrogens with two attached hydrogens (primary N) is 1. The van der Waals surface area contributed by atoms with Crippen LogP contribution in [0.2, 0.25) is 5.02 Å². The molecular formula is C14H22ClN3O2S. The first-order valence-electron chi connectivity index (χ1n) is 6.95. The number of anilines is 1. The van der Waals surface area contributed by atoms with E-state index >= 15 is 0 Å². The lowest BCUT2D eigenvalue weighted by Crippen LogP contribution is -2.43. The van der Waals surface area contributed by atoms with Crippen LogP contribution in [0.5, 0.6) is 0 Å². The van der Waals surface area contributed by atoms with E-state index in [0.29, 0.717) is 11.6 Å². The molecule has 118 valence electrons. The Morgan fingerprint density at radius 3 is 2.62 bits per heavy atom. The van der Waals surface area contributed by atoms with Gasteiger partial charge < -0.3 is 10.6 Å². The van der Waals surface area contributed by atoms with Crippen molar-refractivity contribution in [2.45, 2.75) is 24.7 Å². The molecule has 0 bridgehead atoms. The molecule has 1 heterocycles. The Balaban J connectivity index is 2.09. The summed E-state index contributed by atoms with van der Waals surface area (Å²) in [5.74, 6) is 0. The summed E-state index contributed by atoms with van der Waals surface area (Å²) in [4.78, 5) is 2.30. The van der Waals surface area contributed by atoms with Crippen molar-refractivity contribution in [2.24, 2.45) is 5.41 Å². The van der Waals surface area contributed by atoms with E-state index in [4.69, 9.17) is 17.3 Å². The van der Waals surface area contributed by atoms with Crippen molar-refractivity contribution in [1.82, 2.24) is 9.62 Å². The first-order valence-corrected chi connectivity index (χ1v) is 8.81. The van der Waals surface area contributed by atoms with E-state index in [-0.39, 0.29) is 16.0 Å². The van der Waals surface area contributed by atoms with E-state index in [9.17, 15) is 8.42 Å². The topological polar surface area (TPSA) is 75.4 Å².